The molecule has 0 radical (unpaired) electrons. The Morgan fingerprint density at radius 1 is 1.50 bits per heavy atom. The highest BCUT2D eigenvalue weighted by Gasteiger charge is 2.33. The minimum atomic E-state index is -0.875. The van der Waals surface area contributed by atoms with Gasteiger partial charge in [-0.1, -0.05) is 13.8 Å². The van der Waals surface area contributed by atoms with Crippen LogP contribution >= 0.6 is 11.3 Å². The number of nitrogens with one attached hydrogen (secondary N) is 1. The van der Waals surface area contributed by atoms with Gasteiger partial charge in [-0.15, -0.1) is 11.3 Å². The van der Waals surface area contributed by atoms with Crippen molar-refractivity contribution in [3.63, 3.8) is 0 Å². The van der Waals surface area contributed by atoms with E-state index in [1.165, 1.54) is 4.88 Å². The van der Waals surface area contributed by atoms with Gasteiger partial charge in [-0.25, -0.2) is 4.79 Å². The molecule has 0 saturated heterocycles. The van der Waals surface area contributed by atoms with Crippen LogP contribution in [0.15, 0.2) is 16.5 Å². The van der Waals surface area contributed by atoms with E-state index in [2.05, 4.69) is 19.3 Å². The molecule has 118 valence electrons. The predicted molar refractivity (Wildman–Crippen MR) is 85.8 cm³/mol. The van der Waals surface area contributed by atoms with E-state index in [1.807, 2.05) is 12.1 Å². The van der Waals surface area contributed by atoms with Gasteiger partial charge in [0.25, 0.3) is 0 Å². The first-order valence-corrected chi connectivity index (χ1v) is 8.13. The van der Waals surface area contributed by atoms with Crippen molar-refractivity contribution >= 4 is 17.3 Å². The fraction of sp³-hybridized carbons (Fsp3) is 0.438. The minimum Gasteiger partial charge on any atom is -0.478 e. The number of carboxylic acid groups (broad SMARTS) is 1. The summed E-state index contributed by atoms with van der Waals surface area (Å²) in [7, 11) is 0. The highest BCUT2D eigenvalue weighted by molar-refractivity contribution is 7.16. The second kappa shape index (κ2) is 5.53. The van der Waals surface area contributed by atoms with Crippen LogP contribution in [-0.4, -0.2) is 11.1 Å². The number of fused-ring (bicyclic) bond motifs is 1. The molecule has 0 aromatic carbocycles. The number of hydrogen-bond acceptors (Lipinski definition) is 5. The van der Waals surface area contributed by atoms with Gasteiger partial charge >= 0.3 is 5.97 Å². The lowest BCUT2D eigenvalue weighted by Crippen LogP contribution is -2.22. The van der Waals surface area contributed by atoms with Crippen molar-refractivity contribution in [1.82, 2.24) is 5.43 Å². The first kappa shape index (κ1) is 15.3. The molecule has 2 aromatic rings. The van der Waals surface area contributed by atoms with Crippen LogP contribution in [0.1, 0.15) is 46.8 Å². The smallest absolute Gasteiger partial charge is 0.337 e. The van der Waals surface area contributed by atoms with Crippen LogP contribution in [0, 0.1) is 5.41 Å². The fourth-order valence-corrected chi connectivity index (χ4v) is 4.29. The van der Waals surface area contributed by atoms with Gasteiger partial charge in [-0.3, -0.25) is 11.3 Å². The molecular formula is C16H20N2O3S. The number of nitrogens with two attached hydrogens (primary N) is 1. The van der Waals surface area contributed by atoms with Crippen molar-refractivity contribution in [2.24, 2.45) is 11.3 Å². The molecule has 5 nitrogen and oxygen atoms in total. The van der Waals surface area contributed by atoms with E-state index in [1.54, 1.807) is 11.3 Å². The summed E-state index contributed by atoms with van der Waals surface area (Å²) in [5.41, 5.74) is 4.08. The summed E-state index contributed by atoms with van der Waals surface area (Å²) >= 11 is 1.55. The van der Waals surface area contributed by atoms with Gasteiger partial charge in [0.15, 0.2) is 0 Å². The number of hydrazine groups is 1. The van der Waals surface area contributed by atoms with Crippen LogP contribution in [0.5, 0.6) is 0 Å². The highest BCUT2D eigenvalue weighted by Crippen LogP contribution is 2.45. The Labute approximate surface area is 133 Å². The van der Waals surface area contributed by atoms with Crippen molar-refractivity contribution in [1.29, 1.82) is 0 Å². The van der Waals surface area contributed by atoms with E-state index in [0.29, 0.717) is 23.6 Å². The van der Waals surface area contributed by atoms with Gasteiger partial charge in [0.05, 0.1) is 17.0 Å². The Kier molecular flexibility index (Phi) is 3.84. The first-order chi connectivity index (χ1) is 10.4. The largest absolute Gasteiger partial charge is 0.478 e. The van der Waals surface area contributed by atoms with Crippen molar-refractivity contribution < 1.29 is 14.3 Å². The quantitative estimate of drug-likeness (QED) is 0.595. The molecular weight excluding hydrogens is 300 g/mol. The number of carbonyl (C=O) groups is 1. The lowest BCUT2D eigenvalue weighted by molar-refractivity contribution is 0.0696. The van der Waals surface area contributed by atoms with Gasteiger partial charge in [-0.05, 0) is 42.4 Å². The van der Waals surface area contributed by atoms with Crippen LogP contribution in [0.2, 0.25) is 0 Å². The molecule has 4 N–H and O–H groups in total. The van der Waals surface area contributed by atoms with Gasteiger partial charge in [0.1, 0.15) is 11.5 Å². The summed E-state index contributed by atoms with van der Waals surface area (Å²) in [5, 5.41) is 9.68. The average Bonchev–Trinajstić information content (AvgIpc) is 3.01. The van der Waals surface area contributed by atoms with E-state index in [9.17, 15) is 9.90 Å². The molecule has 6 heteroatoms. The molecule has 0 saturated carbocycles. The maximum atomic E-state index is 11.8. The van der Waals surface area contributed by atoms with E-state index in [4.69, 9.17) is 10.3 Å². The standard InChI is InChI=1S/C16H20N2O3S/c1-16(2)6-5-12-10(7-16)13(15(19)20)14(22-12)11-4-3-9(21-11)8-18-17/h3-4,18H,5-8,17H2,1-2H3,(H,19,20). The Hall–Kier alpha value is -1.63. The Morgan fingerprint density at radius 2 is 2.27 bits per heavy atom. The molecule has 0 aliphatic heterocycles. The lowest BCUT2D eigenvalue weighted by atomic mass is 9.76. The monoisotopic (exact) mass is 320 g/mol. The minimum absolute atomic E-state index is 0.146. The molecule has 0 amide bonds. The third kappa shape index (κ3) is 2.69. The summed E-state index contributed by atoms with van der Waals surface area (Å²) in [6, 6.07) is 3.64. The third-order valence-electron chi connectivity index (χ3n) is 4.15. The summed E-state index contributed by atoms with van der Waals surface area (Å²) in [6.45, 7) is 4.80. The van der Waals surface area contributed by atoms with E-state index in [0.717, 1.165) is 29.7 Å². The van der Waals surface area contributed by atoms with Gasteiger partial charge in [-0.2, -0.15) is 0 Å². The van der Waals surface area contributed by atoms with Crippen LogP contribution < -0.4 is 11.3 Å². The molecule has 3 rings (SSSR count). The van der Waals surface area contributed by atoms with Crippen LogP contribution in [0.25, 0.3) is 10.6 Å². The molecule has 0 bridgehead atoms. The van der Waals surface area contributed by atoms with Gasteiger partial charge in [0, 0.05) is 4.88 Å². The molecule has 0 spiro atoms. The SMILES string of the molecule is CC1(C)CCc2sc(-c3ccc(CNN)o3)c(C(=O)O)c2C1. The predicted octanol–water partition coefficient (Wildman–Crippen LogP) is 3.18. The molecule has 2 heterocycles. The maximum absolute atomic E-state index is 11.8. The normalized spacial score (nSPS) is 16.5. The number of aryl methyl sites for hydroxylation is 1. The average molecular weight is 320 g/mol. The molecule has 0 fully saturated rings. The zero-order valence-electron chi connectivity index (χ0n) is 12.7. The van der Waals surface area contributed by atoms with Crippen LogP contribution in [0.4, 0.5) is 0 Å². The highest BCUT2D eigenvalue weighted by atomic mass is 32.1. The summed E-state index contributed by atoms with van der Waals surface area (Å²) in [6.07, 6.45) is 2.82. The topological polar surface area (TPSA) is 88.5 Å². The lowest BCUT2D eigenvalue weighted by Gasteiger charge is -2.29. The molecule has 1 aliphatic carbocycles. The van der Waals surface area contributed by atoms with Gasteiger partial charge < -0.3 is 9.52 Å². The molecule has 0 atom stereocenters. The second-order valence-corrected chi connectivity index (χ2v) is 7.61. The molecule has 2 aromatic heterocycles. The summed E-state index contributed by atoms with van der Waals surface area (Å²) in [5.74, 6) is 5.73. The van der Waals surface area contributed by atoms with Crippen molar-refractivity contribution in [2.45, 2.75) is 39.7 Å². The van der Waals surface area contributed by atoms with E-state index < -0.39 is 5.97 Å². The number of aromatic carboxylic acids is 1. The fourth-order valence-electron chi connectivity index (χ4n) is 3.02. The Balaban J connectivity index is 2.08. The number of furan rings is 1. The molecule has 1 aliphatic rings. The number of carboxylic acids is 1. The van der Waals surface area contributed by atoms with E-state index in [-0.39, 0.29) is 5.41 Å². The second-order valence-electron chi connectivity index (χ2n) is 6.50. The Bertz CT molecular complexity index is 715. The number of thiophene rings is 1. The van der Waals surface area contributed by atoms with E-state index >= 15 is 0 Å². The van der Waals surface area contributed by atoms with Crippen molar-refractivity contribution in [2.75, 3.05) is 0 Å². The van der Waals surface area contributed by atoms with Crippen molar-refractivity contribution in [3.8, 4) is 10.6 Å². The number of hydrogen-bond donors (Lipinski definition) is 3. The zero-order chi connectivity index (χ0) is 15.9. The zero-order valence-corrected chi connectivity index (χ0v) is 13.5. The Morgan fingerprint density at radius 3 is 2.95 bits per heavy atom. The first-order valence-electron chi connectivity index (χ1n) is 7.31. The molecule has 22 heavy (non-hydrogen) atoms. The third-order valence-corrected chi connectivity index (χ3v) is 5.46. The molecule has 0 unspecified atom stereocenters. The van der Waals surface area contributed by atoms with Crippen LogP contribution in [-0.2, 0) is 19.4 Å². The summed E-state index contributed by atoms with van der Waals surface area (Å²) < 4.78 is 5.74. The maximum Gasteiger partial charge on any atom is 0.337 e. The number of rotatable bonds is 4. The van der Waals surface area contributed by atoms with Gasteiger partial charge in [0.2, 0.25) is 0 Å². The summed E-state index contributed by atoms with van der Waals surface area (Å²) in [4.78, 5) is 13.7. The van der Waals surface area contributed by atoms with Crippen LogP contribution in [0.3, 0.4) is 0 Å². The van der Waals surface area contributed by atoms with Crippen molar-refractivity contribution in [3.05, 3.63) is 33.9 Å².